The van der Waals surface area contributed by atoms with E-state index < -0.39 is 22.1 Å². The maximum atomic E-state index is 12.1. The first-order valence-corrected chi connectivity index (χ1v) is 6.30. The zero-order valence-electron chi connectivity index (χ0n) is 9.00. The van der Waals surface area contributed by atoms with Crippen LogP contribution in [0.1, 0.15) is 5.56 Å². The van der Waals surface area contributed by atoms with Crippen LogP contribution in [0.25, 0.3) is 0 Å². The Bertz CT molecular complexity index is 511. The Morgan fingerprint density at radius 2 is 1.88 bits per heavy atom. The molecule has 4 nitrogen and oxygen atoms in total. The molecule has 0 unspecified atom stereocenters. The number of benzene rings is 1. The molecule has 1 aromatic carbocycles. The van der Waals surface area contributed by atoms with E-state index in [4.69, 9.17) is 0 Å². The van der Waals surface area contributed by atoms with Crippen molar-refractivity contribution in [3.8, 4) is 5.75 Å². The third-order valence-electron chi connectivity index (χ3n) is 1.66. The van der Waals surface area contributed by atoms with E-state index in [1.807, 2.05) is 4.72 Å². The van der Waals surface area contributed by atoms with Gasteiger partial charge in [-0.3, -0.25) is 4.72 Å². The summed E-state index contributed by atoms with van der Waals surface area (Å²) in [5.41, 5.74) is 0.263. The van der Waals surface area contributed by atoms with E-state index >= 15 is 0 Å². The van der Waals surface area contributed by atoms with Gasteiger partial charge in [0.25, 0.3) is 0 Å². The molecule has 0 aliphatic heterocycles. The minimum absolute atomic E-state index is 0.254. The maximum Gasteiger partial charge on any atom is 0.573 e. The molecule has 0 fully saturated rings. The van der Waals surface area contributed by atoms with Gasteiger partial charge in [-0.15, -0.1) is 13.2 Å². The molecule has 96 valence electrons. The Morgan fingerprint density at radius 3 is 2.35 bits per heavy atom. The fraction of sp³-hybridized carbons (Fsp3) is 0.333. The van der Waals surface area contributed by atoms with E-state index in [-0.39, 0.29) is 5.69 Å². The number of nitrogens with one attached hydrogen (secondary N) is 1. The predicted molar refractivity (Wildman–Crippen MR) is 56.3 cm³/mol. The van der Waals surface area contributed by atoms with Crippen molar-refractivity contribution in [2.75, 3.05) is 11.0 Å². The van der Waals surface area contributed by atoms with Crippen molar-refractivity contribution in [3.63, 3.8) is 0 Å². The van der Waals surface area contributed by atoms with E-state index in [0.29, 0.717) is 5.56 Å². The molecule has 0 saturated carbocycles. The summed E-state index contributed by atoms with van der Waals surface area (Å²) in [6, 6.07) is 3.77. The number of anilines is 1. The minimum atomic E-state index is -4.87. The molecular formula is C9H10F3NO3S. The Kier molecular flexibility index (Phi) is 3.56. The summed E-state index contributed by atoms with van der Waals surface area (Å²) in [7, 11) is -3.67. The number of aryl methyl sites for hydroxylation is 1. The van der Waals surface area contributed by atoms with Gasteiger partial charge in [-0.25, -0.2) is 8.42 Å². The Balaban J connectivity index is 3.13. The first-order valence-electron chi connectivity index (χ1n) is 4.41. The summed E-state index contributed by atoms with van der Waals surface area (Å²) in [4.78, 5) is 0. The second kappa shape index (κ2) is 4.44. The monoisotopic (exact) mass is 269 g/mol. The fourth-order valence-electron chi connectivity index (χ4n) is 1.12. The molecule has 1 aromatic rings. The van der Waals surface area contributed by atoms with Gasteiger partial charge in [0.2, 0.25) is 10.0 Å². The molecule has 0 aromatic heterocycles. The normalized spacial score (nSPS) is 12.3. The number of hydrogen-bond donors (Lipinski definition) is 1. The smallest absolute Gasteiger partial charge is 0.404 e. The van der Waals surface area contributed by atoms with Crippen LogP contribution in [0.3, 0.4) is 0 Å². The van der Waals surface area contributed by atoms with E-state index in [1.54, 1.807) is 6.92 Å². The highest BCUT2D eigenvalue weighted by Gasteiger charge is 2.32. The van der Waals surface area contributed by atoms with Crippen molar-refractivity contribution in [3.05, 3.63) is 23.8 Å². The lowest BCUT2D eigenvalue weighted by Gasteiger charge is -2.14. The summed E-state index contributed by atoms with van der Waals surface area (Å²) in [6.07, 6.45) is -4.04. The summed E-state index contributed by atoms with van der Waals surface area (Å²) in [5, 5.41) is 0. The molecule has 0 aliphatic rings. The van der Waals surface area contributed by atoms with E-state index in [0.717, 1.165) is 12.3 Å². The molecule has 1 N–H and O–H groups in total. The van der Waals surface area contributed by atoms with Crippen LogP contribution in [0.4, 0.5) is 18.9 Å². The molecule has 0 bridgehead atoms. The molecule has 17 heavy (non-hydrogen) atoms. The first-order chi connectivity index (χ1) is 7.57. The van der Waals surface area contributed by atoms with Crippen LogP contribution in [-0.2, 0) is 10.0 Å². The second-order valence-corrected chi connectivity index (χ2v) is 5.17. The second-order valence-electron chi connectivity index (χ2n) is 3.42. The van der Waals surface area contributed by atoms with Gasteiger partial charge >= 0.3 is 6.36 Å². The molecule has 0 aliphatic carbocycles. The van der Waals surface area contributed by atoms with Crippen LogP contribution in [0.2, 0.25) is 0 Å². The third kappa shape index (κ3) is 4.94. The predicted octanol–water partition coefficient (Wildman–Crippen LogP) is 2.27. The van der Waals surface area contributed by atoms with E-state index in [1.165, 1.54) is 12.1 Å². The van der Waals surface area contributed by atoms with Gasteiger partial charge < -0.3 is 4.74 Å². The molecule has 0 heterocycles. The Labute approximate surface area is 96.4 Å². The van der Waals surface area contributed by atoms with Crippen molar-refractivity contribution >= 4 is 15.7 Å². The molecule has 8 heteroatoms. The summed E-state index contributed by atoms with van der Waals surface area (Å²) < 4.78 is 63.8. The lowest BCUT2D eigenvalue weighted by molar-refractivity contribution is -0.274. The van der Waals surface area contributed by atoms with Gasteiger partial charge in [0.15, 0.2) is 5.75 Å². The largest absolute Gasteiger partial charge is 0.573 e. The lowest BCUT2D eigenvalue weighted by Crippen LogP contribution is -2.19. The van der Waals surface area contributed by atoms with Crippen molar-refractivity contribution in [1.82, 2.24) is 0 Å². The van der Waals surface area contributed by atoms with Crippen molar-refractivity contribution in [2.24, 2.45) is 0 Å². The molecule has 0 saturated heterocycles. The standard InChI is InChI=1S/C9H10F3NO3S/c1-6-3-4-7(13-17(2,14)15)8(5-6)16-9(10,11)12/h3-5,13H,1-2H3. The Morgan fingerprint density at radius 1 is 1.29 bits per heavy atom. The molecular weight excluding hydrogens is 259 g/mol. The fourth-order valence-corrected chi connectivity index (χ4v) is 1.69. The minimum Gasteiger partial charge on any atom is -0.404 e. The zero-order valence-corrected chi connectivity index (χ0v) is 9.82. The summed E-state index contributed by atoms with van der Waals surface area (Å²) >= 11 is 0. The highest BCUT2D eigenvalue weighted by atomic mass is 32.2. The molecule has 0 amide bonds. The average Bonchev–Trinajstić information content (AvgIpc) is 2.05. The van der Waals surface area contributed by atoms with Crippen molar-refractivity contribution in [2.45, 2.75) is 13.3 Å². The summed E-state index contributed by atoms with van der Waals surface area (Å²) in [5.74, 6) is -0.581. The number of hydrogen-bond acceptors (Lipinski definition) is 3. The van der Waals surface area contributed by atoms with Crippen LogP contribution in [0.15, 0.2) is 18.2 Å². The Hall–Kier alpha value is -1.44. The first kappa shape index (κ1) is 13.6. The van der Waals surface area contributed by atoms with Gasteiger partial charge in [-0.2, -0.15) is 0 Å². The number of rotatable bonds is 3. The zero-order chi connectivity index (χ0) is 13.3. The van der Waals surface area contributed by atoms with Gasteiger partial charge in [0.05, 0.1) is 11.9 Å². The summed E-state index contributed by atoms with van der Waals surface area (Å²) in [6.45, 7) is 1.56. The van der Waals surface area contributed by atoms with Crippen LogP contribution in [0.5, 0.6) is 5.75 Å². The maximum absolute atomic E-state index is 12.1. The van der Waals surface area contributed by atoms with Gasteiger partial charge in [0.1, 0.15) is 0 Å². The highest BCUT2D eigenvalue weighted by Crippen LogP contribution is 2.31. The lowest BCUT2D eigenvalue weighted by atomic mass is 10.2. The quantitative estimate of drug-likeness (QED) is 0.915. The van der Waals surface area contributed by atoms with Crippen LogP contribution in [-0.4, -0.2) is 21.0 Å². The molecule has 0 atom stereocenters. The van der Waals surface area contributed by atoms with Crippen LogP contribution >= 0.6 is 0 Å². The van der Waals surface area contributed by atoms with E-state index in [9.17, 15) is 21.6 Å². The SMILES string of the molecule is Cc1ccc(NS(C)(=O)=O)c(OC(F)(F)F)c1. The topological polar surface area (TPSA) is 55.4 Å². The van der Waals surface area contributed by atoms with Gasteiger partial charge in [-0.05, 0) is 24.6 Å². The van der Waals surface area contributed by atoms with Crippen LogP contribution in [0, 0.1) is 6.92 Å². The van der Waals surface area contributed by atoms with Gasteiger partial charge in [0, 0.05) is 0 Å². The number of alkyl halides is 3. The number of halogens is 3. The van der Waals surface area contributed by atoms with E-state index in [2.05, 4.69) is 4.74 Å². The van der Waals surface area contributed by atoms with Crippen LogP contribution < -0.4 is 9.46 Å². The number of ether oxygens (including phenoxy) is 1. The molecule has 0 radical (unpaired) electrons. The number of sulfonamides is 1. The van der Waals surface area contributed by atoms with Gasteiger partial charge in [-0.1, -0.05) is 6.07 Å². The molecule has 1 rings (SSSR count). The average molecular weight is 269 g/mol. The molecule has 0 spiro atoms. The van der Waals surface area contributed by atoms with Crippen molar-refractivity contribution < 1.29 is 26.3 Å². The van der Waals surface area contributed by atoms with Crippen molar-refractivity contribution in [1.29, 1.82) is 0 Å². The third-order valence-corrected chi connectivity index (χ3v) is 2.25. The highest BCUT2D eigenvalue weighted by molar-refractivity contribution is 7.92.